The maximum absolute atomic E-state index is 6.22. The zero-order valence-electron chi connectivity index (χ0n) is 11.2. The van der Waals surface area contributed by atoms with E-state index >= 15 is 0 Å². The van der Waals surface area contributed by atoms with Gasteiger partial charge >= 0.3 is 0 Å². The van der Waals surface area contributed by atoms with Gasteiger partial charge in [-0.15, -0.1) is 0 Å². The van der Waals surface area contributed by atoms with Crippen LogP contribution in [-0.4, -0.2) is 14.2 Å². The van der Waals surface area contributed by atoms with Crippen LogP contribution in [0.5, 0.6) is 11.5 Å². The minimum absolute atomic E-state index is 0.605. The largest absolute Gasteiger partial charge is 0.493 e. The summed E-state index contributed by atoms with van der Waals surface area (Å²) >= 11 is 12.1. The Kier molecular flexibility index (Phi) is 4.94. The van der Waals surface area contributed by atoms with Crippen LogP contribution in [0.1, 0.15) is 11.1 Å². The predicted octanol–water partition coefficient (Wildman–Crippen LogP) is 5.18. The predicted molar refractivity (Wildman–Crippen MR) is 84.9 cm³/mol. The Bertz CT molecular complexity index is 619. The number of halogens is 2. The van der Waals surface area contributed by atoms with Gasteiger partial charge in [-0.1, -0.05) is 47.5 Å². The molecule has 2 aromatic rings. The summed E-state index contributed by atoms with van der Waals surface area (Å²) in [5, 5.41) is 1.32. The Labute approximate surface area is 128 Å². The van der Waals surface area contributed by atoms with Crippen LogP contribution in [0, 0.1) is 0 Å². The molecule has 0 radical (unpaired) electrons. The first-order valence-electron chi connectivity index (χ1n) is 5.99. The van der Waals surface area contributed by atoms with E-state index in [9.17, 15) is 0 Å². The van der Waals surface area contributed by atoms with E-state index in [2.05, 4.69) is 0 Å². The Balaban J connectivity index is 2.31. The molecular weight excluding hydrogens is 295 g/mol. The highest BCUT2D eigenvalue weighted by Gasteiger charge is 2.07. The van der Waals surface area contributed by atoms with Crippen molar-refractivity contribution in [1.82, 2.24) is 0 Å². The third kappa shape index (κ3) is 3.47. The third-order valence-corrected chi connectivity index (χ3v) is 3.41. The van der Waals surface area contributed by atoms with Crippen molar-refractivity contribution in [3.8, 4) is 11.5 Å². The van der Waals surface area contributed by atoms with Crippen molar-refractivity contribution in [1.29, 1.82) is 0 Å². The van der Waals surface area contributed by atoms with Crippen LogP contribution in [0.25, 0.3) is 12.2 Å². The zero-order chi connectivity index (χ0) is 14.5. The number of ether oxygens (including phenoxy) is 2. The Morgan fingerprint density at radius 3 is 2.05 bits per heavy atom. The summed E-state index contributed by atoms with van der Waals surface area (Å²) in [6.45, 7) is 0. The Morgan fingerprint density at radius 1 is 0.850 bits per heavy atom. The van der Waals surface area contributed by atoms with Crippen molar-refractivity contribution < 1.29 is 9.47 Å². The molecule has 2 rings (SSSR count). The van der Waals surface area contributed by atoms with Gasteiger partial charge in [-0.25, -0.2) is 0 Å². The van der Waals surface area contributed by atoms with Gasteiger partial charge in [0.15, 0.2) is 11.5 Å². The topological polar surface area (TPSA) is 18.5 Å². The molecule has 2 nitrogen and oxygen atoms in total. The normalized spacial score (nSPS) is 10.8. The average molecular weight is 309 g/mol. The van der Waals surface area contributed by atoms with Crippen molar-refractivity contribution in [3.05, 3.63) is 57.6 Å². The van der Waals surface area contributed by atoms with Crippen LogP contribution in [0.4, 0.5) is 0 Å². The molecule has 0 unspecified atom stereocenters. The van der Waals surface area contributed by atoms with E-state index in [0.29, 0.717) is 21.5 Å². The molecule has 0 aliphatic heterocycles. The molecule has 0 aliphatic carbocycles. The maximum atomic E-state index is 6.22. The molecule has 0 fully saturated rings. The summed E-state index contributed by atoms with van der Waals surface area (Å²) in [6, 6.07) is 11.1. The van der Waals surface area contributed by atoms with Crippen LogP contribution in [0.15, 0.2) is 36.4 Å². The lowest BCUT2D eigenvalue weighted by Crippen LogP contribution is -1.91. The summed E-state index contributed by atoms with van der Waals surface area (Å²) in [5.41, 5.74) is 1.90. The Morgan fingerprint density at radius 2 is 1.45 bits per heavy atom. The summed E-state index contributed by atoms with van der Waals surface area (Å²) in [7, 11) is 3.18. The van der Waals surface area contributed by atoms with Gasteiger partial charge in [0.2, 0.25) is 0 Å². The molecule has 4 heteroatoms. The molecule has 0 N–H and O–H groups in total. The molecule has 20 heavy (non-hydrogen) atoms. The fraction of sp³-hybridized carbons (Fsp3) is 0.125. The van der Waals surface area contributed by atoms with E-state index in [1.807, 2.05) is 42.5 Å². The third-order valence-electron chi connectivity index (χ3n) is 2.83. The molecule has 104 valence electrons. The summed E-state index contributed by atoms with van der Waals surface area (Å²) < 4.78 is 10.5. The smallest absolute Gasteiger partial charge is 0.162 e. The monoisotopic (exact) mass is 308 g/mol. The van der Waals surface area contributed by atoms with E-state index in [-0.39, 0.29) is 0 Å². The van der Waals surface area contributed by atoms with Gasteiger partial charge in [-0.2, -0.15) is 0 Å². The van der Waals surface area contributed by atoms with Crippen molar-refractivity contribution in [2.45, 2.75) is 0 Å². The number of rotatable bonds is 4. The van der Waals surface area contributed by atoms with Crippen LogP contribution >= 0.6 is 23.2 Å². The van der Waals surface area contributed by atoms with Gasteiger partial charge < -0.3 is 9.47 Å². The van der Waals surface area contributed by atoms with E-state index in [1.54, 1.807) is 20.3 Å². The quantitative estimate of drug-likeness (QED) is 0.724. The SMILES string of the molecule is COc1cc(Cl)c(C=Cc2ccc(Cl)cc2)cc1OC. The molecule has 0 heterocycles. The number of methoxy groups -OCH3 is 2. The summed E-state index contributed by atoms with van der Waals surface area (Å²) in [4.78, 5) is 0. The molecule has 0 atom stereocenters. The van der Waals surface area contributed by atoms with E-state index in [1.165, 1.54) is 0 Å². The van der Waals surface area contributed by atoms with Crippen LogP contribution < -0.4 is 9.47 Å². The molecule has 0 amide bonds. The van der Waals surface area contributed by atoms with Gasteiger partial charge in [0.05, 0.1) is 19.2 Å². The molecule has 0 saturated heterocycles. The maximum Gasteiger partial charge on any atom is 0.162 e. The van der Waals surface area contributed by atoms with Crippen LogP contribution in [-0.2, 0) is 0 Å². The van der Waals surface area contributed by atoms with Gasteiger partial charge in [-0.3, -0.25) is 0 Å². The van der Waals surface area contributed by atoms with E-state index in [4.69, 9.17) is 32.7 Å². The number of benzene rings is 2. The molecule has 0 aliphatic rings. The van der Waals surface area contributed by atoms with Crippen molar-refractivity contribution in [2.75, 3.05) is 14.2 Å². The molecule has 0 spiro atoms. The van der Waals surface area contributed by atoms with Gasteiger partial charge in [0.1, 0.15) is 0 Å². The van der Waals surface area contributed by atoms with Gasteiger partial charge in [-0.05, 0) is 29.3 Å². The standard InChI is InChI=1S/C16H14Cl2O2/c1-19-15-9-12(14(18)10-16(15)20-2)6-3-11-4-7-13(17)8-5-11/h3-10H,1-2H3. The fourth-order valence-electron chi connectivity index (χ4n) is 1.76. The lowest BCUT2D eigenvalue weighted by Gasteiger charge is -2.09. The number of hydrogen-bond donors (Lipinski definition) is 0. The van der Waals surface area contributed by atoms with Gasteiger partial charge in [0, 0.05) is 11.1 Å². The molecular formula is C16H14Cl2O2. The molecule has 0 bridgehead atoms. The van der Waals surface area contributed by atoms with Crippen molar-refractivity contribution >= 4 is 35.4 Å². The summed E-state index contributed by atoms with van der Waals surface area (Å²) in [5.74, 6) is 1.26. The lowest BCUT2D eigenvalue weighted by atomic mass is 10.1. The highest BCUT2D eigenvalue weighted by Crippen LogP contribution is 2.33. The van der Waals surface area contributed by atoms with Crippen molar-refractivity contribution in [2.24, 2.45) is 0 Å². The fourth-order valence-corrected chi connectivity index (χ4v) is 2.10. The first-order valence-corrected chi connectivity index (χ1v) is 6.75. The molecule has 0 saturated carbocycles. The highest BCUT2D eigenvalue weighted by molar-refractivity contribution is 6.32. The van der Waals surface area contributed by atoms with E-state index in [0.717, 1.165) is 11.1 Å². The molecule has 2 aromatic carbocycles. The van der Waals surface area contributed by atoms with Crippen LogP contribution in [0.2, 0.25) is 10.0 Å². The highest BCUT2D eigenvalue weighted by atomic mass is 35.5. The second-order valence-corrected chi connectivity index (χ2v) is 4.96. The minimum Gasteiger partial charge on any atom is -0.493 e. The lowest BCUT2D eigenvalue weighted by molar-refractivity contribution is 0.355. The first kappa shape index (κ1) is 14.8. The first-order chi connectivity index (χ1) is 9.63. The second kappa shape index (κ2) is 6.69. The van der Waals surface area contributed by atoms with Gasteiger partial charge in [0.25, 0.3) is 0 Å². The zero-order valence-corrected chi connectivity index (χ0v) is 12.7. The second-order valence-electron chi connectivity index (χ2n) is 4.11. The van der Waals surface area contributed by atoms with Crippen molar-refractivity contribution in [3.63, 3.8) is 0 Å². The minimum atomic E-state index is 0.605. The number of hydrogen-bond acceptors (Lipinski definition) is 2. The van der Waals surface area contributed by atoms with Crippen LogP contribution in [0.3, 0.4) is 0 Å². The van der Waals surface area contributed by atoms with E-state index < -0.39 is 0 Å². The molecule has 0 aromatic heterocycles. The Hall–Kier alpha value is -1.64. The summed E-state index contributed by atoms with van der Waals surface area (Å²) in [6.07, 6.45) is 3.89. The average Bonchev–Trinajstić information content (AvgIpc) is 2.47.